The molecule has 394 valence electrons. The summed E-state index contributed by atoms with van der Waals surface area (Å²) in [6, 6.07) is 0. The van der Waals surface area contributed by atoms with Gasteiger partial charge in [-0.1, -0.05) is 162 Å². The van der Waals surface area contributed by atoms with Gasteiger partial charge in [0.15, 0.2) is 0 Å². The number of piperidine rings is 1. The third-order valence-corrected chi connectivity index (χ3v) is 19.8. The molecular formula is C63H113NO4. The summed E-state index contributed by atoms with van der Waals surface area (Å²) in [7, 11) is 0. The Kier molecular flexibility index (Phi) is 25.9. The zero-order valence-electron chi connectivity index (χ0n) is 46.1. The SMILES string of the molecule is CCCCCCCC/C=C\CCCCCCCCOCC(CN1CC[C@H]2CCCC[C@@H]2C1)OCCCOCCCO[C@H]1CC[C@@]2(C)C(=CC[C@H]3[C@@H]4CC[C@H]([C@H](C)CCCC(C)C)[C@@]4(C)CC[C@@H]32)C1. The highest BCUT2D eigenvalue weighted by Crippen LogP contribution is 2.67. The normalized spacial score (nSPS) is 31.6. The lowest BCUT2D eigenvalue weighted by atomic mass is 9.47. The molecule has 68 heavy (non-hydrogen) atoms. The zero-order valence-corrected chi connectivity index (χ0v) is 46.1. The van der Waals surface area contributed by atoms with Crippen LogP contribution < -0.4 is 0 Å². The van der Waals surface area contributed by atoms with Crippen LogP contribution in [0.4, 0.5) is 0 Å². The summed E-state index contributed by atoms with van der Waals surface area (Å²) in [5.41, 5.74) is 2.73. The lowest BCUT2D eigenvalue weighted by molar-refractivity contribution is -0.0652. The van der Waals surface area contributed by atoms with Crippen LogP contribution in [-0.2, 0) is 18.9 Å². The van der Waals surface area contributed by atoms with E-state index in [9.17, 15) is 0 Å². The Morgan fingerprint density at radius 2 is 1.37 bits per heavy atom. The molecule has 6 rings (SSSR count). The summed E-state index contributed by atoms with van der Waals surface area (Å²) in [5.74, 6) is 7.28. The molecule has 5 aliphatic carbocycles. The average molecular weight is 949 g/mol. The Morgan fingerprint density at radius 3 is 2.13 bits per heavy atom. The largest absolute Gasteiger partial charge is 0.381 e. The molecule has 5 heteroatoms. The highest BCUT2D eigenvalue weighted by molar-refractivity contribution is 5.25. The molecule has 0 aromatic rings. The summed E-state index contributed by atoms with van der Waals surface area (Å²) < 4.78 is 25.7. The standard InChI is InChI=1S/C63H113NO4/c1-7-8-9-10-11-12-13-14-15-16-17-18-19-20-21-24-42-66-50-57(49-64-41-38-53-30-22-23-31-54(53)48-64)68-46-27-44-65-43-26-45-67-56-36-39-62(5)55(47-56)32-33-58-60-35-34-59(52(4)29-25-28-51(2)3)63(60,6)40-37-61(58)62/h14-15,32,51-54,56-61H,7-13,16-31,33-50H2,1-6H3/b15-14-/t52-,53-,54-,56+,57?,58+,59-,60+,61+,62+,63-/m1/s1. The molecule has 0 amide bonds. The fraction of sp³-hybridized carbons (Fsp3) is 0.937. The van der Waals surface area contributed by atoms with E-state index >= 15 is 0 Å². The minimum Gasteiger partial charge on any atom is -0.381 e. The summed E-state index contributed by atoms with van der Waals surface area (Å²) in [5, 5.41) is 0. The lowest BCUT2D eigenvalue weighted by Crippen LogP contribution is -2.51. The Balaban J connectivity index is 0.807. The first-order chi connectivity index (χ1) is 33.2. The molecule has 0 bridgehead atoms. The summed E-state index contributed by atoms with van der Waals surface area (Å²) >= 11 is 0. The molecule has 1 saturated heterocycles. The molecule has 1 heterocycles. The predicted octanol–water partition coefficient (Wildman–Crippen LogP) is 17.2. The number of ether oxygens (including phenoxy) is 4. The Labute approximate surface area is 422 Å². The number of hydrogen-bond donors (Lipinski definition) is 0. The van der Waals surface area contributed by atoms with Crippen LogP contribution in [-0.4, -0.2) is 76.4 Å². The van der Waals surface area contributed by atoms with Crippen LogP contribution >= 0.6 is 0 Å². The molecule has 6 aliphatic rings. The van der Waals surface area contributed by atoms with Crippen molar-refractivity contribution in [3.05, 3.63) is 23.8 Å². The van der Waals surface area contributed by atoms with E-state index in [-0.39, 0.29) is 6.10 Å². The van der Waals surface area contributed by atoms with Crippen LogP contribution in [0.15, 0.2) is 23.8 Å². The molecule has 4 saturated carbocycles. The van der Waals surface area contributed by atoms with Crippen LogP contribution in [0.25, 0.3) is 0 Å². The molecule has 0 radical (unpaired) electrons. The van der Waals surface area contributed by atoms with Crippen LogP contribution in [0.1, 0.15) is 247 Å². The molecule has 5 fully saturated rings. The molecular weight excluding hydrogens is 835 g/mol. The topological polar surface area (TPSA) is 40.2 Å². The quantitative estimate of drug-likeness (QED) is 0.0468. The van der Waals surface area contributed by atoms with Gasteiger partial charge in [-0.2, -0.15) is 0 Å². The van der Waals surface area contributed by atoms with E-state index < -0.39 is 0 Å². The van der Waals surface area contributed by atoms with Gasteiger partial charge < -0.3 is 23.8 Å². The maximum Gasteiger partial charge on any atom is 0.0934 e. The van der Waals surface area contributed by atoms with Crippen LogP contribution in [0.2, 0.25) is 0 Å². The number of unbranched alkanes of at least 4 members (excludes halogenated alkanes) is 12. The maximum absolute atomic E-state index is 6.60. The van der Waals surface area contributed by atoms with Crippen molar-refractivity contribution in [3.8, 4) is 0 Å². The van der Waals surface area contributed by atoms with Gasteiger partial charge in [0.05, 0.1) is 18.8 Å². The van der Waals surface area contributed by atoms with Crippen molar-refractivity contribution in [1.29, 1.82) is 0 Å². The van der Waals surface area contributed by atoms with Crippen molar-refractivity contribution >= 4 is 0 Å². The molecule has 0 aromatic carbocycles. The van der Waals surface area contributed by atoms with Crippen molar-refractivity contribution in [2.45, 2.75) is 259 Å². The zero-order chi connectivity index (χ0) is 47.9. The summed E-state index contributed by atoms with van der Waals surface area (Å²) in [6.07, 6.45) is 51.3. The first kappa shape index (κ1) is 56.6. The average Bonchev–Trinajstić information content (AvgIpc) is 3.70. The lowest BCUT2D eigenvalue weighted by Gasteiger charge is -2.58. The molecule has 1 aliphatic heterocycles. The second-order valence-corrected chi connectivity index (χ2v) is 25.2. The number of fused-ring (bicyclic) bond motifs is 6. The minimum atomic E-state index is 0.159. The van der Waals surface area contributed by atoms with Crippen molar-refractivity contribution in [2.75, 3.05) is 59.3 Å². The smallest absolute Gasteiger partial charge is 0.0934 e. The van der Waals surface area contributed by atoms with Gasteiger partial charge in [-0.05, 0) is 174 Å². The number of likely N-dealkylation sites (tertiary alicyclic amines) is 1. The predicted molar refractivity (Wildman–Crippen MR) is 289 cm³/mol. The Hall–Kier alpha value is -0.720. The number of nitrogens with zero attached hydrogens (tertiary/aromatic N) is 1. The molecule has 0 aromatic heterocycles. The van der Waals surface area contributed by atoms with Crippen LogP contribution in [0, 0.1) is 58.2 Å². The van der Waals surface area contributed by atoms with Gasteiger partial charge in [0.1, 0.15) is 0 Å². The number of hydrogen-bond acceptors (Lipinski definition) is 5. The highest BCUT2D eigenvalue weighted by atomic mass is 16.5. The van der Waals surface area contributed by atoms with Gasteiger partial charge in [0.2, 0.25) is 0 Å². The monoisotopic (exact) mass is 948 g/mol. The van der Waals surface area contributed by atoms with E-state index in [1.807, 2.05) is 0 Å². The van der Waals surface area contributed by atoms with Crippen molar-refractivity contribution in [3.63, 3.8) is 0 Å². The highest BCUT2D eigenvalue weighted by Gasteiger charge is 2.59. The second kappa shape index (κ2) is 31.1. The van der Waals surface area contributed by atoms with Gasteiger partial charge in [0, 0.05) is 46.1 Å². The molecule has 5 nitrogen and oxygen atoms in total. The third kappa shape index (κ3) is 17.7. The molecule has 0 N–H and O–H groups in total. The fourth-order valence-corrected chi connectivity index (χ4v) is 15.7. The van der Waals surface area contributed by atoms with E-state index in [0.717, 1.165) is 113 Å². The first-order valence-electron chi connectivity index (χ1n) is 30.7. The maximum atomic E-state index is 6.60. The minimum absolute atomic E-state index is 0.159. The van der Waals surface area contributed by atoms with Crippen LogP contribution in [0.5, 0.6) is 0 Å². The molecule has 11 atom stereocenters. The Bertz CT molecular complexity index is 1390. The van der Waals surface area contributed by atoms with E-state index in [0.29, 0.717) is 16.9 Å². The molecule has 1 unspecified atom stereocenters. The van der Waals surface area contributed by atoms with Gasteiger partial charge in [-0.25, -0.2) is 0 Å². The second-order valence-electron chi connectivity index (χ2n) is 25.2. The number of allylic oxidation sites excluding steroid dienone is 3. The van der Waals surface area contributed by atoms with E-state index in [2.05, 4.69) is 64.7 Å². The van der Waals surface area contributed by atoms with E-state index in [1.165, 1.54) is 199 Å². The molecule has 0 spiro atoms. The van der Waals surface area contributed by atoms with Crippen molar-refractivity contribution in [2.24, 2.45) is 58.2 Å². The first-order valence-corrected chi connectivity index (χ1v) is 30.7. The van der Waals surface area contributed by atoms with E-state index in [1.54, 1.807) is 5.57 Å². The van der Waals surface area contributed by atoms with Crippen molar-refractivity contribution in [1.82, 2.24) is 4.90 Å². The van der Waals surface area contributed by atoms with Crippen molar-refractivity contribution < 1.29 is 18.9 Å². The summed E-state index contributed by atoms with van der Waals surface area (Å²) in [6.45, 7) is 23.4. The summed E-state index contributed by atoms with van der Waals surface area (Å²) in [4.78, 5) is 2.71. The number of rotatable bonds is 35. The fourth-order valence-electron chi connectivity index (χ4n) is 15.7. The van der Waals surface area contributed by atoms with E-state index in [4.69, 9.17) is 18.9 Å². The van der Waals surface area contributed by atoms with Gasteiger partial charge in [-0.3, -0.25) is 0 Å². The Morgan fingerprint density at radius 1 is 0.662 bits per heavy atom. The van der Waals surface area contributed by atoms with Gasteiger partial charge in [0.25, 0.3) is 0 Å². The van der Waals surface area contributed by atoms with Gasteiger partial charge in [-0.15, -0.1) is 0 Å². The third-order valence-electron chi connectivity index (χ3n) is 19.8. The van der Waals surface area contributed by atoms with Crippen LogP contribution in [0.3, 0.4) is 0 Å². The van der Waals surface area contributed by atoms with Gasteiger partial charge >= 0.3 is 0 Å².